The molecule has 17 heavy (non-hydrogen) atoms. The van der Waals surface area contributed by atoms with Gasteiger partial charge in [-0.05, 0) is 54.8 Å². The predicted molar refractivity (Wildman–Crippen MR) is 68.4 cm³/mol. The molecule has 88 valence electrons. The predicted octanol–water partition coefficient (Wildman–Crippen LogP) is 3.59. The molecule has 0 amide bonds. The number of rotatable bonds is 3. The van der Waals surface area contributed by atoms with Crippen molar-refractivity contribution in [1.29, 1.82) is 0 Å². The second-order valence-corrected chi connectivity index (χ2v) is 4.14. The van der Waals surface area contributed by atoms with E-state index in [-0.39, 0.29) is 5.75 Å². The van der Waals surface area contributed by atoms with Crippen LogP contribution in [0.25, 0.3) is 0 Å². The van der Waals surface area contributed by atoms with Crippen molar-refractivity contribution in [2.75, 3.05) is 0 Å². The Bertz CT molecular complexity index is 501. The first kappa shape index (κ1) is 11.5. The lowest BCUT2D eigenvalue weighted by atomic mass is 10.0. The molecule has 2 nitrogen and oxygen atoms in total. The number of phenols is 1. The zero-order valence-corrected chi connectivity index (χ0v) is 10.1. The molecule has 0 aliphatic carbocycles. The SMILES string of the molecule is Cc1cccc(COc2ccc(O)cc2)c1C. The van der Waals surface area contributed by atoms with Gasteiger partial charge in [0.2, 0.25) is 0 Å². The number of benzene rings is 2. The van der Waals surface area contributed by atoms with E-state index in [1.54, 1.807) is 24.3 Å². The number of phenolic OH excluding ortho intramolecular Hbond substituents is 1. The molecule has 2 aromatic carbocycles. The van der Waals surface area contributed by atoms with Crippen molar-refractivity contribution >= 4 is 0 Å². The molecule has 0 unspecified atom stereocenters. The van der Waals surface area contributed by atoms with Gasteiger partial charge in [-0.1, -0.05) is 18.2 Å². The summed E-state index contributed by atoms with van der Waals surface area (Å²) in [5.74, 6) is 1.02. The normalized spacial score (nSPS) is 10.2. The first-order chi connectivity index (χ1) is 8.16. The van der Waals surface area contributed by atoms with Gasteiger partial charge < -0.3 is 9.84 Å². The molecule has 0 aliphatic rings. The maximum Gasteiger partial charge on any atom is 0.120 e. The minimum absolute atomic E-state index is 0.254. The molecule has 0 aliphatic heterocycles. The molecular weight excluding hydrogens is 212 g/mol. The van der Waals surface area contributed by atoms with Crippen molar-refractivity contribution in [1.82, 2.24) is 0 Å². The molecule has 2 rings (SSSR count). The lowest BCUT2D eigenvalue weighted by Crippen LogP contribution is -1.98. The van der Waals surface area contributed by atoms with Crippen LogP contribution in [0.4, 0.5) is 0 Å². The summed E-state index contributed by atoms with van der Waals surface area (Å²) < 4.78 is 5.67. The van der Waals surface area contributed by atoms with E-state index in [4.69, 9.17) is 9.84 Å². The van der Waals surface area contributed by atoms with Crippen LogP contribution in [0.5, 0.6) is 11.5 Å². The summed E-state index contributed by atoms with van der Waals surface area (Å²) in [6.07, 6.45) is 0. The lowest BCUT2D eigenvalue weighted by molar-refractivity contribution is 0.305. The van der Waals surface area contributed by atoms with E-state index in [1.807, 2.05) is 6.07 Å². The summed E-state index contributed by atoms with van der Waals surface area (Å²) >= 11 is 0. The summed E-state index contributed by atoms with van der Waals surface area (Å²) in [6.45, 7) is 4.75. The van der Waals surface area contributed by atoms with Crippen LogP contribution < -0.4 is 4.74 Å². The highest BCUT2D eigenvalue weighted by Gasteiger charge is 2.01. The van der Waals surface area contributed by atoms with Gasteiger partial charge in [-0.3, -0.25) is 0 Å². The van der Waals surface area contributed by atoms with E-state index in [0.29, 0.717) is 6.61 Å². The second kappa shape index (κ2) is 4.91. The molecule has 0 spiro atoms. The zero-order valence-electron chi connectivity index (χ0n) is 10.1. The first-order valence-electron chi connectivity index (χ1n) is 5.64. The van der Waals surface area contributed by atoms with Gasteiger partial charge in [0.25, 0.3) is 0 Å². The molecule has 0 aromatic heterocycles. The topological polar surface area (TPSA) is 29.5 Å². The molecule has 0 saturated heterocycles. The third kappa shape index (κ3) is 2.78. The highest BCUT2D eigenvalue weighted by molar-refractivity contribution is 5.34. The summed E-state index contributed by atoms with van der Waals surface area (Å²) in [4.78, 5) is 0. The Kier molecular flexibility index (Phi) is 3.33. The highest BCUT2D eigenvalue weighted by atomic mass is 16.5. The molecule has 0 fully saturated rings. The van der Waals surface area contributed by atoms with Crippen LogP contribution in [-0.4, -0.2) is 5.11 Å². The maximum absolute atomic E-state index is 9.17. The molecule has 0 bridgehead atoms. The third-order valence-corrected chi connectivity index (χ3v) is 2.95. The number of hydrogen-bond donors (Lipinski definition) is 1. The van der Waals surface area contributed by atoms with E-state index >= 15 is 0 Å². The monoisotopic (exact) mass is 228 g/mol. The highest BCUT2D eigenvalue weighted by Crippen LogP contribution is 2.19. The third-order valence-electron chi connectivity index (χ3n) is 2.95. The molecular formula is C15H16O2. The van der Waals surface area contributed by atoms with Gasteiger partial charge in [0.1, 0.15) is 18.1 Å². The van der Waals surface area contributed by atoms with Gasteiger partial charge in [0.05, 0.1) is 0 Å². The average Bonchev–Trinajstić information content (AvgIpc) is 2.33. The molecule has 1 N–H and O–H groups in total. The van der Waals surface area contributed by atoms with Crippen molar-refractivity contribution in [2.45, 2.75) is 20.5 Å². The fourth-order valence-electron chi connectivity index (χ4n) is 1.67. The van der Waals surface area contributed by atoms with Gasteiger partial charge in [0.15, 0.2) is 0 Å². The Morgan fingerprint density at radius 3 is 2.41 bits per heavy atom. The maximum atomic E-state index is 9.17. The van der Waals surface area contributed by atoms with Crippen LogP contribution >= 0.6 is 0 Å². The van der Waals surface area contributed by atoms with E-state index in [1.165, 1.54) is 16.7 Å². The van der Waals surface area contributed by atoms with Gasteiger partial charge in [-0.15, -0.1) is 0 Å². The lowest BCUT2D eigenvalue weighted by Gasteiger charge is -2.10. The van der Waals surface area contributed by atoms with Crippen LogP contribution in [0, 0.1) is 13.8 Å². The fraction of sp³-hybridized carbons (Fsp3) is 0.200. The van der Waals surface area contributed by atoms with Crippen molar-refractivity contribution in [2.24, 2.45) is 0 Å². The van der Waals surface area contributed by atoms with Crippen molar-refractivity contribution < 1.29 is 9.84 Å². The van der Waals surface area contributed by atoms with Gasteiger partial charge >= 0.3 is 0 Å². The van der Waals surface area contributed by atoms with E-state index in [9.17, 15) is 0 Å². The fourth-order valence-corrected chi connectivity index (χ4v) is 1.67. The number of aryl methyl sites for hydroxylation is 1. The molecule has 0 heterocycles. The number of aromatic hydroxyl groups is 1. The quantitative estimate of drug-likeness (QED) is 0.870. The van der Waals surface area contributed by atoms with E-state index in [0.717, 1.165) is 5.75 Å². The van der Waals surface area contributed by atoms with Crippen molar-refractivity contribution in [3.8, 4) is 11.5 Å². The molecule has 2 heteroatoms. The smallest absolute Gasteiger partial charge is 0.120 e. The van der Waals surface area contributed by atoms with Crippen LogP contribution in [0.2, 0.25) is 0 Å². The molecule has 0 saturated carbocycles. The number of ether oxygens (including phenoxy) is 1. The van der Waals surface area contributed by atoms with Crippen LogP contribution in [-0.2, 0) is 6.61 Å². The van der Waals surface area contributed by atoms with E-state index < -0.39 is 0 Å². The Morgan fingerprint density at radius 1 is 1.00 bits per heavy atom. The number of hydrogen-bond acceptors (Lipinski definition) is 2. The molecule has 0 radical (unpaired) electrons. The molecule has 0 atom stereocenters. The Hall–Kier alpha value is -1.96. The summed E-state index contributed by atoms with van der Waals surface area (Å²) in [6, 6.07) is 13.0. The Morgan fingerprint density at radius 2 is 1.71 bits per heavy atom. The van der Waals surface area contributed by atoms with E-state index in [2.05, 4.69) is 26.0 Å². The summed E-state index contributed by atoms with van der Waals surface area (Å²) in [5.41, 5.74) is 3.74. The van der Waals surface area contributed by atoms with Crippen LogP contribution in [0.1, 0.15) is 16.7 Å². The summed E-state index contributed by atoms with van der Waals surface area (Å²) in [5, 5.41) is 9.17. The van der Waals surface area contributed by atoms with Crippen LogP contribution in [0.3, 0.4) is 0 Å². The van der Waals surface area contributed by atoms with Gasteiger partial charge in [-0.25, -0.2) is 0 Å². The van der Waals surface area contributed by atoms with Crippen molar-refractivity contribution in [3.05, 3.63) is 59.2 Å². The van der Waals surface area contributed by atoms with Crippen LogP contribution in [0.15, 0.2) is 42.5 Å². The minimum Gasteiger partial charge on any atom is -0.508 e. The standard InChI is InChI=1S/C15H16O2/c1-11-4-3-5-13(12(11)2)10-17-15-8-6-14(16)7-9-15/h3-9,16H,10H2,1-2H3. The zero-order chi connectivity index (χ0) is 12.3. The first-order valence-corrected chi connectivity index (χ1v) is 5.64. The Labute approximate surface area is 101 Å². The minimum atomic E-state index is 0.254. The molecule has 2 aromatic rings. The largest absolute Gasteiger partial charge is 0.508 e. The average molecular weight is 228 g/mol. The second-order valence-electron chi connectivity index (χ2n) is 4.14. The Balaban J connectivity index is 2.07. The summed E-state index contributed by atoms with van der Waals surface area (Å²) in [7, 11) is 0. The van der Waals surface area contributed by atoms with Gasteiger partial charge in [-0.2, -0.15) is 0 Å². The van der Waals surface area contributed by atoms with Gasteiger partial charge in [0, 0.05) is 0 Å². The van der Waals surface area contributed by atoms with Crippen molar-refractivity contribution in [3.63, 3.8) is 0 Å².